The molecule has 4 aromatic rings. The van der Waals surface area contributed by atoms with Gasteiger partial charge in [0.2, 0.25) is 5.78 Å². The summed E-state index contributed by atoms with van der Waals surface area (Å²) >= 11 is 1.45. The van der Waals surface area contributed by atoms with Crippen molar-refractivity contribution < 1.29 is 4.79 Å². The summed E-state index contributed by atoms with van der Waals surface area (Å²) in [7, 11) is 2.01. The average molecular weight is 385 g/mol. The summed E-state index contributed by atoms with van der Waals surface area (Å²) in [6.07, 6.45) is 0. The molecule has 28 heavy (non-hydrogen) atoms. The Kier molecular flexibility index (Phi) is 5.31. The first-order chi connectivity index (χ1) is 13.7. The van der Waals surface area contributed by atoms with Gasteiger partial charge in [-0.3, -0.25) is 4.79 Å². The first-order valence-corrected chi connectivity index (χ1v) is 9.95. The van der Waals surface area contributed by atoms with Crippen molar-refractivity contribution in [3.8, 4) is 11.3 Å². The normalized spacial score (nSPS) is 10.6. The summed E-state index contributed by atoms with van der Waals surface area (Å²) in [5.41, 5.74) is 3.59. The minimum absolute atomic E-state index is 0.0105. The average Bonchev–Trinajstić information content (AvgIpc) is 3.21. The Labute approximate surface area is 168 Å². The predicted octanol–water partition coefficient (Wildman–Crippen LogP) is 5.68. The molecule has 0 unspecified atom stereocenters. The zero-order valence-electron chi connectivity index (χ0n) is 15.6. The van der Waals surface area contributed by atoms with Crippen molar-refractivity contribution in [1.82, 2.24) is 4.98 Å². The van der Waals surface area contributed by atoms with Crippen molar-refractivity contribution in [3.05, 3.63) is 107 Å². The van der Waals surface area contributed by atoms with E-state index in [1.807, 2.05) is 85.9 Å². The molecule has 0 spiro atoms. The Morgan fingerprint density at radius 1 is 0.857 bits per heavy atom. The molecule has 0 aliphatic carbocycles. The van der Waals surface area contributed by atoms with E-state index in [1.54, 1.807) is 0 Å². The van der Waals surface area contributed by atoms with E-state index in [2.05, 4.69) is 17.0 Å². The molecule has 0 aliphatic rings. The van der Waals surface area contributed by atoms with Gasteiger partial charge in [0.05, 0.1) is 5.69 Å². The van der Waals surface area contributed by atoms with E-state index in [0.29, 0.717) is 10.4 Å². The third-order valence-corrected chi connectivity index (χ3v) is 5.66. The number of nitrogens with zero attached hydrogens (tertiary/aromatic N) is 2. The molecule has 1 aromatic heterocycles. The zero-order chi connectivity index (χ0) is 19.3. The van der Waals surface area contributed by atoms with E-state index in [0.717, 1.165) is 22.9 Å². The molecule has 3 aromatic carbocycles. The number of carbonyl (C=O) groups excluding carboxylic acids is 1. The minimum Gasteiger partial charge on any atom is -0.347 e. The highest BCUT2D eigenvalue weighted by atomic mass is 32.1. The third-order valence-electron chi connectivity index (χ3n) is 4.49. The molecular weight excluding hydrogens is 364 g/mol. The smallest absolute Gasteiger partial charge is 0.205 e. The molecule has 0 bridgehead atoms. The molecule has 4 rings (SSSR count). The summed E-state index contributed by atoms with van der Waals surface area (Å²) in [6.45, 7) is 0.738. The Balaban J connectivity index is 1.73. The number of benzene rings is 3. The van der Waals surface area contributed by atoms with E-state index in [4.69, 9.17) is 4.98 Å². The first-order valence-electron chi connectivity index (χ1n) is 9.13. The van der Waals surface area contributed by atoms with Crippen LogP contribution in [0.1, 0.15) is 20.8 Å². The fourth-order valence-corrected chi connectivity index (χ4v) is 4.07. The lowest BCUT2D eigenvalue weighted by molar-refractivity contribution is 0.104. The van der Waals surface area contributed by atoms with Gasteiger partial charge in [-0.25, -0.2) is 4.98 Å². The van der Waals surface area contributed by atoms with Crippen LogP contribution in [0.25, 0.3) is 11.3 Å². The fraction of sp³-hybridized carbons (Fsp3) is 0.0833. The highest BCUT2D eigenvalue weighted by Crippen LogP contribution is 2.34. The molecule has 138 valence electrons. The maximum Gasteiger partial charge on any atom is 0.205 e. The van der Waals surface area contributed by atoms with Crippen LogP contribution in [0.2, 0.25) is 0 Å². The molecule has 0 saturated carbocycles. The van der Waals surface area contributed by atoms with Gasteiger partial charge in [0.25, 0.3) is 0 Å². The molecular formula is C24H20N2OS. The van der Waals surface area contributed by atoms with Gasteiger partial charge in [-0.05, 0) is 5.56 Å². The number of thiazole rings is 1. The fourth-order valence-electron chi connectivity index (χ4n) is 3.06. The van der Waals surface area contributed by atoms with Crippen LogP contribution < -0.4 is 4.90 Å². The Morgan fingerprint density at radius 2 is 1.43 bits per heavy atom. The van der Waals surface area contributed by atoms with Crippen LogP contribution in [0.4, 0.5) is 5.13 Å². The quantitative estimate of drug-likeness (QED) is 0.401. The van der Waals surface area contributed by atoms with E-state index in [-0.39, 0.29) is 5.78 Å². The zero-order valence-corrected chi connectivity index (χ0v) is 16.4. The van der Waals surface area contributed by atoms with Crippen molar-refractivity contribution >= 4 is 22.3 Å². The summed E-state index contributed by atoms with van der Waals surface area (Å²) in [5, 5.41) is 0.835. The number of aromatic nitrogens is 1. The van der Waals surface area contributed by atoms with Gasteiger partial charge in [-0.15, -0.1) is 0 Å². The van der Waals surface area contributed by atoms with E-state index in [1.165, 1.54) is 16.9 Å². The number of rotatable bonds is 6. The number of hydrogen-bond acceptors (Lipinski definition) is 4. The van der Waals surface area contributed by atoms with Gasteiger partial charge in [0, 0.05) is 24.7 Å². The van der Waals surface area contributed by atoms with Gasteiger partial charge < -0.3 is 4.90 Å². The Hall–Kier alpha value is -3.24. The molecule has 0 amide bonds. The molecule has 0 radical (unpaired) electrons. The second-order valence-corrected chi connectivity index (χ2v) is 7.55. The standard InChI is InChI=1S/C24H20N2OS/c1-26(17-18-11-5-2-6-12-18)24-25-21(19-13-7-3-8-14-19)23(28-24)22(27)20-15-9-4-10-16-20/h2-16H,17H2,1H3. The van der Waals surface area contributed by atoms with Crippen LogP contribution in [-0.4, -0.2) is 17.8 Å². The number of carbonyl (C=O) groups is 1. The van der Waals surface area contributed by atoms with Crippen LogP contribution >= 0.6 is 11.3 Å². The van der Waals surface area contributed by atoms with Crippen LogP contribution in [0.3, 0.4) is 0 Å². The predicted molar refractivity (Wildman–Crippen MR) is 116 cm³/mol. The highest BCUT2D eigenvalue weighted by molar-refractivity contribution is 7.18. The van der Waals surface area contributed by atoms with Crippen LogP contribution in [0.5, 0.6) is 0 Å². The minimum atomic E-state index is 0.0105. The van der Waals surface area contributed by atoms with E-state index < -0.39 is 0 Å². The summed E-state index contributed by atoms with van der Waals surface area (Å²) in [6, 6.07) is 29.6. The lowest BCUT2D eigenvalue weighted by atomic mass is 10.1. The van der Waals surface area contributed by atoms with Gasteiger partial charge in [0.1, 0.15) is 4.88 Å². The molecule has 4 heteroatoms. The molecule has 0 fully saturated rings. The monoisotopic (exact) mass is 384 g/mol. The summed E-state index contributed by atoms with van der Waals surface area (Å²) < 4.78 is 0. The summed E-state index contributed by atoms with van der Waals surface area (Å²) in [4.78, 5) is 20.8. The maximum atomic E-state index is 13.2. The van der Waals surface area contributed by atoms with Gasteiger partial charge in [-0.1, -0.05) is 102 Å². The van der Waals surface area contributed by atoms with E-state index in [9.17, 15) is 4.79 Å². The topological polar surface area (TPSA) is 33.2 Å². The Bertz CT molecular complexity index is 1060. The van der Waals surface area contributed by atoms with E-state index >= 15 is 0 Å². The summed E-state index contributed by atoms with van der Waals surface area (Å²) in [5.74, 6) is 0.0105. The lowest BCUT2D eigenvalue weighted by Gasteiger charge is -2.15. The number of ketones is 1. The van der Waals surface area contributed by atoms with Crippen molar-refractivity contribution in [2.75, 3.05) is 11.9 Å². The highest BCUT2D eigenvalue weighted by Gasteiger charge is 2.22. The largest absolute Gasteiger partial charge is 0.347 e. The van der Waals surface area contributed by atoms with Crippen molar-refractivity contribution in [2.45, 2.75) is 6.54 Å². The van der Waals surface area contributed by atoms with Gasteiger partial charge in [-0.2, -0.15) is 0 Å². The van der Waals surface area contributed by atoms with Crippen molar-refractivity contribution in [1.29, 1.82) is 0 Å². The molecule has 0 N–H and O–H groups in total. The van der Waals surface area contributed by atoms with Crippen LogP contribution in [0, 0.1) is 0 Å². The van der Waals surface area contributed by atoms with Gasteiger partial charge in [0.15, 0.2) is 5.13 Å². The lowest BCUT2D eigenvalue weighted by Crippen LogP contribution is -2.15. The number of anilines is 1. The van der Waals surface area contributed by atoms with Crippen LogP contribution in [0.15, 0.2) is 91.0 Å². The molecule has 1 heterocycles. The maximum absolute atomic E-state index is 13.2. The van der Waals surface area contributed by atoms with Crippen molar-refractivity contribution in [3.63, 3.8) is 0 Å². The third kappa shape index (κ3) is 3.87. The number of hydrogen-bond donors (Lipinski definition) is 0. The second kappa shape index (κ2) is 8.19. The van der Waals surface area contributed by atoms with Gasteiger partial charge >= 0.3 is 0 Å². The van der Waals surface area contributed by atoms with Crippen molar-refractivity contribution in [2.24, 2.45) is 0 Å². The Morgan fingerprint density at radius 3 is 2.07 bits per heavy atom. The first kappa shape index (κ1) is 18.1. The second-order valence-electron chi connectivity index (χ2n) is 6.58. The molecule has 3 nitrogen and oxygen atoms in total. The molecule has 0 saturated heterocycles. The SMILES string of the molecule is CN(Cc1ccccc1)c1nc(-c2ccccc2)c(C(=O)c2ccccc2)s1. The molecule has 0 atom stereocenters. The molecule has 0 aliphatic heterocycles. The van der Waals surface area contributed by atoms with Crippen LogP contribution in [-0.2, 0) is 6.54 Å².